The van der Waals surface area contributed by atoms with Crippen molar-refractivity contribution in [2.45, 2.75) is 18.9 Å². The molecule has 1 atom stereocenters. The van der Waals surface area contributed by atoms with Crippen LogP contribution in [0, 0.1) is 11.7 Å². The Morgan fingerprint density at radius 2 is 1.74 bits per heavy atom. The van der Waals surface area contributed by atoms with Crippen molar-refractivity contribution in [3.63, 3.8) is 0 Å². The molecule has 35 heavy (non-hydrogen) atoms. The first kappa shape index (κ1) is 23.0. The number of fused-ring (bicyclic) bond motifs is 1. The van der Waals surface area contributed by atoms with Gasteiger partial charge in [-0.15, -0.1) is 0 Å². The van der Waals surface area contributed by atoms with Gasteiger partial charge in [0, 0.05) is 10.9 Å². The van der Waals surface area contributed by atoms with Gasteiger partial charge >= 0.3 is 10.1 Å². The average Bonchev–Trinajstić information content (AvgIpc) is 3.67. The van der Waals surface area contributed by atoms with E-state index in [-0.39, 0.29) is 29.0 Å². The minimum Gasteiger partial charge on any atom is -0.379 e. The molecule has 1 aliphatic carbocycles. The molecule has 0 saturated heterocycles. The third kappa shape index (κ3) is 5.02. The van der Waals surface area contributed by atoms with Crippen LogP contribution in [0.4, 0.5) is 4.39 Å². The maximum absolute atomic E-state index is 14.1. The topological polar surface area (TPSA) is 85.4 Å². The van der Waals surface area contributed by atoms with E-state index in [0.717, 1.165) is 24.7 Å². The van der Waals surface area contributed by atoms with Crippen LogP contribution >= 0.6 is 0 Å². The smallest absolute Gasteiger partial charge is 0.306 e. The highest BCUT2D eigenvalue weighted by molar-refractivity contribution is 7.86. The fraction of sp³-hybridized carbons (Fsp3) is 0.185. The second-order valence-electron chi connectivity index (χ2n) is 8.68. The fourth-order valence-corrected chi connectivity index (χ4v) is 4.73. The number of hydrogen-bond donors (Lipinski definition) is 1. The third-order valence-corrected chi connectivity index (χ3v) is 6.42. The van der Waals surface area contributed by atoms with Crippen LogP contribution in [0.15, 0.2) is 78.9 Å². The summed E-state index contributed by atoms with van der Waals surface area (Å²) in [5.74, 6) is -0.944. The van der Waals surface area contributed by atoms with E-state index in [1.54, 1.807) is 30.3 Å². The van der Waals surface area contributed by atoms with Crippen LogP contribution < -0.4 is 9.50 Å². The molecule has 0 bridgehead atoms. The summed E-state index contributed by atoms with van der Waals surface area (Å²) in [7, 11) is -4.04. The summed E-state index contributed by atoms with van der Waals surface area (Å²) in [5.41, 5.74) is 1.84. The summed E-state index contributed by atoms with van der Waals surface area (Å²) in [6, 6.07) is 21.9. The molecule has 1 aliphatic rings. The zero-order valence-electron chi connectivity index (χ0n) is 18.9. The monoisotopic (exact) mass is 490 g/mol. The Morgan fingerprint density at radius 3 is 2.43 bits per heavy atom. The normalized spacial score (nSPS) is 14.5. The maximum atomic E-state index is 14.1. The van der Waals surface area contributed by atoms with E-state index in [1.807, 2.05) is 30.3 Å². The van der Waals surface area contributed by atoms with Crippen LogP contribution in [0.2, 0.25) is 0 Å². The van der Waals surface area contributed by atoms with Gasteiger partial charge in [-0.2, -0.15) is 8.42 Å². The molecule has 3 aromatic carbocycles. The average molecular weight is 491 g/mol. The fourth-order valence-electron chi connectivity index (χ4n) is 4.26. The number of carbonyl (C=O) groups is 1. The van der Waals surface area contributed by atoms with Crippen LogP contribution in [0.25, 0.3) is 22.2 Å². The summed E-state index contributed by atoms with van der Waals surface area (Å²) >= 11 is 0. The van der Waals surface area contributed by atoms with Gasteiger partial charge in [-0.1, -0.05) is 60.7 Å². The molecule has 1 N–H and O–H groups in total. The van der Waals surface area contributed by atoms with Crippen LogP contribution in [-0.2, 0) is 10.1 Å². The van der Waals surface area contributed by atoms with Gasteiger partial charge in [-0.25, -0.2) is 9.37 Å². The number of rotatable bonds is 7. The van der Waals surface area contributed by atoms with Crippen molar-refractivity contribution >= 4 is 26.9 Å². The number of nitrogens with zero attached hydrogens (tertiary/aromatic N) is 1. The Balaban J connectivity index is 1.71. The van der Waals surface area contributed by atoms with Gasteiger partial charge in [-0.3, -0.25) is 4.79 Å². The lowest BCUT2D eigenvalue weighted by Crippen LogP contribution is -2.31. The molecule has 178 valence electrons. The van der Waals surface area contributed by atoms with Crippen molar-refractivity contribution in [2.75, 3.05) is 6.26 Å². The lowest BCUT2D eigenvalue weighted by Gasteiger charge is -2.21. The summed E-state index contributed by atoms with van der Waals surface area (Å²) in [6.07, 6.45) is 2.87. The molecule has 5 rings (SSSR count). The molecule has 4 aromatic rings. The van der Waals surface area contributed by atoms with Gasteiger partial charge in [0.2, 0.25) is 0 Å². The quantitative estimate of drug-likeness (QED) is 0.357. The maximum Gasteiger partial charge on any atom is 0.306 e. The number of halogens is 1. The van der Waals surface area contributed by atoms with Gasteiger partial charge in [0.15, 0.2) is 5.75 Å². The molecule has 1 saturated carbocycles. The molecule has 8 heteroatoms. The number of hydrogen-bond acceptors (Lipinski definition) is 5. The molecular weight excluding hydrogens is 467 g/mol. The van der Waals surface area contributed by atoms with Crippen molar-refractivity contribution in [1.82, 2.24) is 10.3 Å². The highest BCUT2D eigenvalue weighted by atomic mass is 32.2. The number of para-hydroxylation sites is 1. The zero-order valence-corrected chi connectivity index (χ0v) is 19.8. The van der Waals surface area contributed by atoms with Gasteiger partial charge in [0.1, 0.15) is 11.5 Å². The summed E-state index contributed by atoms with van der Waals surface area (Å²) in [4.78, 5) is 18.4. The molecule has 1 heterocycles. The Kier molecular flexibility index (Phi) is 5.98. The SMILES string of the molecule is CS(=O)(=O)Oc1c(-c2cccc(F)c2)nc2ccccc2c1C(=O)NC(c1ccccc1)C1CC1. The highest BCUT2D eigenvalue weighted by Crippen LogP contribution is 2.42. The molecule has 1 amide bonds. The number of nitrogens with one attached hydrogen (secondary N) is 1. The Hall–Kier alpha value is -3.78. The minimum absolute atomic E-state index is 0.0434. The predicted molar refractivity (Wildman–Crippen MR) is 132 cm³/mol. The molecule has 0 spiro atoms. The van der Waals surface area contributed by atoms with E-state index in [4.69, 9.17) is 4.18 Å². The number of benzene rings is 3. The summed E-state index contributed by atoms with van der Waals surface area (Å²) in [6.45, 7) is 0. The number of pyridine rings is 1. The standard InChI is InChI=1S/C27H23FN2O4S/c1-35(32,33)34-26-23(27(31)30-24(18-14-15-18)17-8-3-2-4-9-17)21-12-5-6-13-22(21)29-25(26)19-10-7-11-20(28)16-19/h2-13,16,18,24H,14-15H2,1H3,(H,30,31). The van der Waals surface area contributed by atoms with Crippen molar-refractivity contribution in [3.05, 3.63) is 95.8 Å². The summed E-state index contributed by atoms with van der Waals surface area (Å²) < 4.78 is 44.0. The van der Waals surface area contributed by atoms with Crippen LogP contribution in [0.1, 0.15) is 34.8 Å². The van der Waals surface area contributed by atoms with E-state index >= 15 is 0 Å². The third-order valence-electron chi connectivity index (χ3n) is 5.95. The van der Waals surface area contributed by atoms with Crippen LogP contribution in [0.3, 0.4) is 0 Å². The van der Waals surface area contributed by atoms with Gasteiger partial charge in [0.05, 0.1) is 23.4 Å². The minimum atomic E-state index is -4.04. The van der Waals surface area contributed by atoms with E-state index < -0.39 is 21.8 Å². The van der Waals surface area contributed by atoms with Gasteiger partial charge in [-0.05, 0) is 42.5 Å². The number of amides is 1. The zero-order chi connectivity index (χ0) is 24.6. The van der Waals surface area contributed by atoms with Gasteiger partial charge < -0.3 is 9.50 Å². The first-order chi connectivity index (χ1) is 16.8. The van der Waals surface area contributed by atoms with Crippen LogP contribution in [-0.4, -0.2) is 25.6 Å². The van der Waals surface area contributed by atoms with E-state index in [0.29, 0.717) is 16.5 Å². The molecular formula is C27H23FN2O4S. The first-order valence-electron chi connectivity index (χ1n) is 11.2. The molecule has 0 radical (unpaired) electrons. The lowest BCUT2D eigenvalue weighted by atomic mass is 9.99. The largest absolute Gasteiger partial charge is 0.379 e. The number of carbonyl (C=O) groups excluding carboxylic acids is 1. The number of aromatic nitrogens is 1. The second kappa shape index (κ2) is 9.11. The Bertz CT molecular complexity index is 1520. The molecule has 1 fully saturated rings. The highest BCUT2D eigenvalue weighted by Gasteiger charge is 2.35. The van der Waals surface area contributed by atoms with Crippen molar-refractivity contribution in [2.24, 2.45) is 5.92 Å². The van der Waals surface area contributed by atoms with Crippen molar-refractivity contribution in [1.29, 1.82) is 0 Å². The molecule has 0 aliphatic heterocycles. The molecule has 6 nitrogen and oxygen atoms in total. The second-order valence-corrected chi connectivity index (χ2v) is 10.3. The molecule has 1 unspecified atom stereocenters. The van der Waals surface area contributed by atoms with E-state index in [2.05, 4.69) is 10.3 Å². The van der Waals surface area contributed by atoms with E-state index in [1.165, 1.54) is 18.2 Å². The van der Waals surface area contributed by atoms with Crippen LogP contribution in [0.5, 0.6) is 5.75 Å². The Morgan fingerprint density at radius 1 is 1.03 bits per heavy atom. The predicted octanol–water partition coefficient (Wildman–Crippen LogP) is 5.26. The Labute approximate surface area is 202 Å². The first-order valence-corrected chi connectivity index (χ1v) is 13.1. The van der Waals surface area contributed by atoms with Gasteiger partial charge in [0.25, 0.3) is 5.91 Å². The lowest BCUT2D eigenvalue weighted by molar-refractivity contribution is 0.0932. The van der Waals surface area contributed by atoms with E-state index in [9.17, 15) is 17.6 Å². The molecule has 1 aromatic heterocycles. The summed E-state index contributed by atoms with van der Waals surface area (Å²) in [5, 5.41) is 3.54. The van der Waals surface area contributed by atoms with Crippen molar-refractivity contribution in [3.8, 4) is 17.0 Å². The van der Waals surface area contributed by atoms with Crippen molar-refractivity contribution < 1.29 is 21.8 Å².